The summed E-state index contributed by atoms with van der Waals surface area (Å²) in [7, 11) is 0. The van der Waals surface area contributed by atoms with Crippen LogP contribution in [0.3, 0.4) is 0 Å². The van der Waals surface area contributed by atoms with Crippen LogP contribution >= 0.6 is 11.8 Å². The van der Waals surface area contributed by atoms with Crippen LogP contribution in [0.15, 0.2) is 0 Å². The Labute approximate surface area is 109 Å². The molecule has 2 aliphatic rings. The molecule has 0 aromatic carbocycles. The number of nitrogens with one attached hydrogen (secondary N) is 1. The molecule has 2 rings (SSSR count). The topological polar surface area (TPSA) is 47.3 Å². The van der Waals surface area contributed by atoms with E-state index in [9.17, 15) is 13.2 Å². The minimum Gasteiger partial charge on any atom is -0.375 e. The molecule has 2 atom stereocenters. The summed E-state index contributed by atoms with van der Waals surface area (Å²) in [6.45, 7) is 0.406. The van der Waals surface area contributed by atoms with E-state index in [4.69, 9.17) is 10.6 Å². The highest BCUT2D eigenvalue weighted by Crippen LogP contribution is 2.42. The summed E-state index contributed by atoms with van der Waals surface area (Å²) in [5, 5.41) is 0. The Balaban J connectivity index is 2.05. The van der Waals surface area contributed by atoms with Gasteiger partial charge in [0.25, 0.3) is 0 Å². The minimum absolute atomic E-state index is 0.339. The van der Waals surface area contributed by atoms with Crippen LogP contribution in [-0.2, 0) is 4.74 Å². The smallest absolute Gasteiger partial charge is 0.375 e. The molecule has 0 radical (unpaired) electrons. The molecule has 1 spiro atoms. The van der Waals surface area contributed by atoms with E-state index >= 15 is 0 Å². The Kier molecular flexibility index (Phi) is 4.46. The number of ether oxygens (including phenoxy) is 1. The van der Waals surface area contributed by atoms with Crippen molar-refractivity contribution in [3.8, 4) is 0 Å². The third kappa shape index (κ3) is 3.12. The summed E-state index contributed by atoms with van der Waals surface area (Å²) in [5.74, 6) is 6.56. The second-order valence-electron chi connectivity index (χ2n) is 5.08. The second kappa shape index (κ2) is 5.56. The summed E-state index contributed by atoms with van der Waals surface area (Å²) in [6.07, 6.45) is -1.71. The zero-order chi connectivity index (χ0) is 13.2. The number of nitrogens with two attached hydrogens (primary N) is 1. The molecule has 3 nitrogen and oxygen atoms in total. The molecule has 2 fully saturated rings. The highest BCUT2D eigenvalue weighted by molar-refractivity contribution is 7.99. The standard InChI is InChI=1S/C11H19F3N2OS/c12-11(13,14)9(16-15)8-1-4-17-10(7-8)2-5-18-6-3-10/h8-9,16H,1-7,15H2. The van der Waals surface area contributed by atoms with Gasteiger partial charge in [-0.25, -0.2) is 5.43 Å². The lowest BCUT2D eigenvalue weighted by Gasteiger charge is -2.45. The van der Waals surface area contributed by atoms with Gasteiger partial charge in [0.15, 0.2) is 0 Å². The summed E-state index contributed by atoms with van der Waals surface area (Å²) >= 11 is 1.84. The molecule has 2 unspecified atom stereocenters. The van der Waals surface area contributed by atoms with Crippen molar-refractivity contribution in [1.29, 1.82) is 0 Å². The highest BCUT2D eigenvalue weighted by Gasteiger charge is 2.49. The maximum Gasteiger partial charge on any atom is 0.405 e. The van der Waals surface area contributed by atoms with E-state index in [0.717, 1.165) is 24.3 Å². The van der Waals surface area contributed by atoms with E-state index in [-0.39, 0.29) is 5.60 Å². The van der Waals surface area contributed by atoms with Crippen molar-refractivity contribution in [2.45, 2.75) is 43.5 Å². The van der Waals surface area contributed by atoms with Gasteiger partial charge >= 0.3 is 6.18 Å². The van der Waals surface area contributed by atoms with Gasteiger partial charge in [0, 0.05) is 6.61 Å². The van der Waals surface area contributed by atoms with Gasteiger partial charge in [-0.2, -0.15) is 24.9 Å². The molecule has 18 heavy (non-hydrogen) atoms. The van der Waals surface area contributed by atoms with Gasteiger partial charge in [0.2, 0.25) is 0 Å². The molecule has 2 saturated heterocycles. The molecule has 0 aromatic rings. The molecule has 0 aromatic heterocycles. The van der Waals surface area contributed by atoms with Crippen LogP contribution in [0.1, 0.15) is 25.7 Å². The summed E-state index contributed by atoms with van der Waals surface area (Å²) in [5.41, 5.74) is 1.61. The zero-order valence-electron chi connectivity index (χ0n) is 10.1. The van der Waals surface area contributed by atoms with Crippen LogP contribution in [0.25, 0.3) is 0 Å². The van der Waals surface area contributed by atoms with E-state index in [1.807, 2.05) is 17.2 Å². The van der Waals surface area contributed by atoms with Gasteiger partial charge in [-0.05, 0) is 43.1 Å². The van der Waals surface area contributed by atoms with Crippen molar-refractivity contribution >= 4 is 11.8 Å². The van der Waals surface area contributed by atoms with Gasteiger partial charge in [-0.3, -0.25) is 5.84 Å². The van der Waals surface area contributed by atoms with Crippen molar-refractivity contribution in [3.63, 3.8) is 0 Å². The fraction of sp³-hybridized carbons (Fsp3) is 1.00. The molecular formula is C11H19F3N2OS. The third-order valence-electron chi connectivity index (χ3n) is 3.94. The molecule has 3 N–H and O–H groups in total. The number of halogens is 3. The number of hydrogen-bond donors (Lipinski definition) is 2. The number of thioether (sulfide) groups is 1. The average Bonchev–Trinajstić information content (AvgIpc) is 2.29. The Morgan fingerprint density at radius 1 is 1.33 bits per heavy atom. The predicted octanol–water partition coefficient (Wildman–Crippen LogP) is 2.07. The van der Waals surface area contributed by atoms with E-state index in [2.05, 4.69) is 0 Å². The normalized spacial score (nSPS) is 30.3. The SMILES string of the molecule is NNC(C1CCOC2(CCSCC2)C1)C(F)(F)F. The maximum atomic E-state index is 12.9. The molecule has 7 heteroatoms. The predicted molar refractivity (Wildman–Crippen MR) is 65.1 cm³/mol. The first-order valence-corrected chi connectivity index (χ1v) is 7.37. The van der Waals surface area contributed by atoms with E-state index in [1.165, 1.54) is 0 Å². The van der Waals surface area contributed by atoms with Crippen LogP contribution in [0.5, 0.6) is 0 Å². The molecule has 2 heterocycles. The first-order chi connectivity index (χ1) is 8.47. The fourth-order valence-corrected chi connectivity index (χ4v) is 4.18. The Bertz CT molecular complexity index is 276. The molecular weight excluding hydrogens is 265 g/mol. The lowest BCUT2D eigenvalue weighted by Crippen LogP contribution is -2.55. The van der Waals surface area contributed by atoms with Crippen LogP contribution < -0.4 is 11.3 Å². The van der Waals surface area contributed by atoms with E-state index in [0.29, 0.717) is 19.4 Å². The van der Waals surface area contributed by atoms with E-state index < -0.39 is 18.1 Å². The van der Waals surface area contributed by atoms with Gasteiger partial charge in [0.1, 0.15) is 6.04 Å². The van der Waals surface area contributed by atoms with Crippen molar-refractivity contribution < 1.29 is 17.9 Å². The van der Waals surface area contributed by atoms with Crippen LogP contribution in [-0.4, -0.2) is 35.9 Å². The zero-order valence-corrected chi connectivity index (χ0v) is 10.9. The largest absolute Gasteiger partial charge is 0.405 e. The summed E-state index contributed by atoms with van der Waals surface area (Å²) < 4.78 is 44.4. The lowest BCUT2D eigenvalue weighted by atomic mass is 9.78. The van der Waals surface area contributed by atoms with Gasteiger partial charge < -0.3 is 4.74 Å². The van der Waals surface area contributed by atoms with Crippen LogP contribution in [0.4, 0.5) is 13.2 Å². The van der Waals surface area contributed by atoms with E-state index in [1.54, 1.807) is 0 Å². The maximum absolute atomic E-state index is 12.9. The molecule has 0 amide bonds. The van der Waals surface area contributed by atoms with Gasteiger partial charge in [-0.15, -0.1) is 0 Å². The molecule has 106 valence electrons. The van der Waals surface area contributed by atoms with Gasteiger partial charge in [0.05, 0.1) is 5.60 Å². The number of hydrogen-bond acceptors (Lipinski definition) is 4. The van der Waals surface area contributed by atoms with Crippen molar-refractivity contribution in [1.82, 2.24) is 5.43 Å². The Morgan fingerprint density at radius 3 is 2.56 bits per heavy atom. The number of hydrazine groups is 1. The summed E-state index contributed by atoms with van der Waals surface area (Å²) in [4.78, 5) is 0. The first-order valence-electron chi connectivity index (χ1n) is 6.21. The Morgan fingerprint density at radius 2 is 2.00 bits per heavy atom. The molecule has 0 aliphatic carbocycles. The quantitative estimate of drug-likeness (QED) is 0.602. The highest BCUT2D eigenvalue weighted by atomic mass is 32.2. The van der Waals surface area contributed by atoms with Crippen LogP contribution in [0.2, 0.25) is 0 Å². The molecule has 0 saturated carbocycles. The Hall–Kier alpha value is 0.0200. The first kappa shape index (κ1) is 14.4. The van der Waals surface area contributed by atoms with Crippen LogP contribution in [0, 0.1) is 5.92 Å². The molecule has 2 aliphatic heterocycles. The monoisotopic (exact) mass is 284 g/mol. The molecule has 0 bridgehead atoms. The average molecular weight is 284 g/mol. The lowest BCUT2D eigenvalue weighted by molar-refractivity contribution is -0.188. The summed E-state index contributed by atoms with van der Waals surface area (Å²) in [6, 6.07) is -1.62. The van der Waals surface area contributed by atoms with Crippen molar-refractivity contribution in [2.24, 2.45) is 11.8 Å². The minimum atomic E-state index is -4.29. The number of rotatable bonds is 2. The fourth-order valence-electron chi connectivity index (χ4n) is 2.94. The second-order valence-corrected chi connectivity index (χ2v) is 6.31. The number of alkyl halides is 3. The van der Waals surface area contributed by atoms with Gasteiger partial charge in [-0.1, -0.05) is 0 Å². The third-order valence-corrected chi connectivity index (χ3v) is 4.92. The van der Waals surface area contributed by atoms with Crippen molar-refractivity contribution in [3.05, 3.63) is 0 Å². The van der Waals surface area contributed by atoms with Crippen molar-refractivity contribution in [2.75, 3.05) is 18.1 Å².